The SMILES string of the molecule is NC(=O)C(CNC(=O)C1(c2ccccc2Cl)CCOCC1)Cc1ccc(F)cc1. The maximum atomic E-state index is 13.3. The lowest BCUT2D eigenvalue weighted by molar-refractivity contribution is -0.131. The molecule has 0 radical (unpaired) electrons. The molecule has 29 heavy (non-hydrogen) atoms. The Balaban J connectivity index is 1.75. The summed E-state index contributed by atoms with van der Waals surface area (Å²) in [5.74, 6) is -1.67. The predicted octanol–water partition coefficient (Wildman–Crippen LogP) is 2.99. The Bertz CT molecular complexity index is 867. The number of nitrogens with two attached hydrogens (primary N) is 1. The molecule has 2 amide bonds. The molecule has 0 aromatic heterocycles. The first-order valence-corrected chi connectivity index (χ1v) is 9.95. The quantitative estimate of drug-likeness (QED) is 0.725. The number of ether oxygens (including phenoxy) is 1. The van der Waals surface area contributed by atoms with Gasteiger partial charge in [0.15, 0.2) is 0 Å². The molecular formula is C22H24ClFN2O3. The van der Waals surface area contributed by atoms with Gasteiger partial charge in [0.25, 0.3) is 0 Å². The molecule has 2 aromatic rings. The maximum absolute atomic E-state index is 13.3. The van der Waals surface area contributed by atoms with Crippen LogP contribution in [-0.4, -0.2) is 31.6 Å². The van der Waals surface area contributed by atoms with E-state index in [2.05, 4.69) is 5.32 Å². The molecule has 0 aliphatic carbocycles. The van der Waals surface area contributed by atoms with Crippen LogP contribution in [0.4, 0.5) is 4.39 Å². The van der Waals surface area contributed by atoms with E-state index in [-0.39, 0.29) is 18.3 Å². The second-order valence-electron chi connectivity index (χ2n) is 7.31. The number of amides is 2. The van der Waals surface area contributed by atoms with Gasteiger partial charge in [0.1, 0.15) is 5.82 Å². The summed E-state index contributed by atoms with van der Waals surface area (Å²) in [6.07, 6.45) is 1.32. The number of carbonyl (C=O) groups is 2. The Morgan fingerprint density at radius 3 is 2.41 bits per heavy atom. The van der Waals surface area contributed by atoms with Crippen molar-refractivity contribution < 1.29 is 18.7 Å². The molecular weight excluding hydrogens is 395 g/mol. The van der Waals surface area contributed by atoms with Crippen molar-refractivity contribution in [1.29, 1.82) is 0 Å². The number of nitrogens with one attached hydrogen (secondary N) is 1. The van der Waals surface area contributed by atoms with E-state index in [0.29, 0.717) is 37.5 Å². The van der Waals surface area contributed by atoms with E-state index in [1.54, 1.807) is 18.2 Å². The van der Waals surface area contributed by atoms with Crippen LogP contribution < -0.4 is 11.1 Å². The molecule has 1 aliphatic rings. The molecule has 1 aliphatic heterocycles. The zero-order chi connectivity index (χ0) is 20.9. The first-order valence-electron chi connectivity index (χ1n) is 9.57. The van der Waals surface area contributed by atoms with Gasteiger partial charge in [-0.3, -0.25) is 9.59 Å². The highest BCUT2D eigenvalue weighted by atomic mass is 35.5. The van der Waals surface area contributed by atoms with Gasteiger partial charge in [0.05, 0.1) is 11.3 Å². The van der Waals surface area contributed by atoms with Gasteiger partial charge in [-0.1, -0.05) is 41.9 Å². The van der Waals surface area contributed by atoms with Gasteiger partial charge in [-0.25, -0.2) is 4.39 Å². The van der Waals surface area contributed by atoms with Gasteiger partial charge in [-0.15, -0.1) is 0 Å². The van der Waals surface area contributed by atoms with E-state index in [9.17, 15) is 14.0 Å². The Morgan fingerprint density at radius 1 is 1.14 bits per heavy atom. The van der Waals surface area contributed by atoms with Crippen LogP contribution in [0.3, 0.4) is 0 Å². The molecule has 1 atom stereocenters. The lowest BCUT2D eigenvalue weighted by Crippen LogP contribution is -2.50. The monoisotopic (exact) mass is 418 g/mol. The van der Waals surface area contributed by atoms with E-state index in [1.165, 1.54) is 12.1 Å². The molecule has 154 valence electrons. The highest BCUT2D eigenvalue weighted by Gasteiger charge is 2.43. The first kappa shape index (κ1) is 21.3. The highest BCUT2D eigenvalue weighted by molar-refractivity contribution is 6.31. The summed E-state index contributed by atoms with van der Waals surface area (Å²) in [5, 5.41) is 3.43. The highest BCUT2D eigenvalue weighted by Crippen LogP contribution is 2.38. The molecule has 0 bridgehead atoms. The summed E-state index contributed by atoms with van der Waals surface area (Å²) in [5.41, 5.74) is 6.27. The van der Waals surface area contributed by atoms with Crippen LogP contribution in [-0.2, 0) is 26.2 Å². The number of hydrogen-bond donors (Lipinski definition) is 2. The van der Waals surface area contributed by atoms with Crippen LogP contribution in [0.5, 0.6) is 0 Å². The van der Waals surface area contributed by atoms with E-state index in [1.807, 2.05) is 18.2 Å². The zero-order valence-electron chi connectivity index (χ0n) is 16.0. The minimum absolute atomic E-state index is 0.0958. The van der Waals surface area contributed by atoms with Crippen molar-refractivity contribution in [3.63, 3.8) is 0 Å². The average Bonchev–Trinajstić information content (AvgIpc) is 2.73. The summed E-state index contributed by atoms with van der Waals surface area (Å²) in [4.78, 5) is 25.2. The van der Waals surface area contributed by atoms with Crippen LogP contribution in [0.2, 0.25) is 5.02 Å². The maximum Gasteiger partial charge on any atom is 0.230 e. The fourth-order valence-corrected chi connectivity index (χ4v) is 4.07. The lowest BCUT2D eigenvalue weighted by atomic mass is 9.73. The smallest absolute Gasteiger partial charge is 0.230 e. The topological polar surface area (TPSA) is 81.4 Å². The third-order valence-corrected chi connectivity index (χ3v) is 5.81. The van der Waals surface area contributed by atoms with E-state index in [0.717, 1.165) is 11.1 Å². The van der Waals surface area contributed by atoms with Crippen molar-refractivity contribution in [2.24, 2.45) is 11.7 Å². The molecule has 7 heteroatoms. The molecule has 1 fully saturated rings. The normalized spacial score (nSPS) is 16.8. The van der Waals surface area contributed by atoms with E-state index < -0.39 is 17.2 Å². The largest absolute Gasteiger partial charge is 0.381 e. The zero-order valence-corrected chi connectivity index (χ0v) is 16.8. The summed E-state index contributed by atoms with van der Waals surface area (Å²) in [6, 6.07) is 13.2. The van der Waals surface area contributed by atoms with E-state index >= 15 is 0 Å². The van der Waals surface area contributed by atoms with Crippen molar-refractivity contribution in [3.8, 4) is 0 Å². The number of carbonyl (C=O) groups excluding carboxylic acids is 2. The number of primary amides is 1. The molecule has 1 unspecified atom stereocenters. The van der Waals surface area contributed by atoms with Gasteiger partial charge in [-0.2, -0.15) is 0 Å². The van der Waals surface area contributed by atoms with Crippen molar-refractivity contribution in [3.05, 3.63) is 70.5 Å². The third-order valence-electron chi connectivity index (χ3n) is 5.48. The average molecular weight is 419 g/mol. The Kier molecular flexibility index (Phi) is 6.87. The Hall–Kier alpha value is -2.44. The predicted molar refractivity (Wildman–Crippen MR) is 109 cm³/mol. The van der Waals surface area contributed by atoms with Crippen LogP contribution in [0.1, 0.15) is 24.0 Å². The van der Waals surface area contributed by atoms with Gasteiger partial charge >= 0.3 is 0 Å². The van der Waals surface area contributed by atoms with Gasteiger partial charge in [0.2, 0.25) is 11.8 Å². The second kappa shape index (κ2) is 9.37. The van der Waals surface area contributed by atoms with Crippen molar-refractivity contribution in [2.45, 2.75) is 24.7 Å². The minimum atomic E-state index is -0.811. The Morgan fingerprint density at radius 2 is 1.79 bits per heavy atom. The molecule has 3 N–H and O–H groups in total. The first-order chi connectivity index (χ1) is 13.9. The molecule has 1 saturated heterocycles. The number of hydrogen-bond acceptors (Lipinski definition) is 3. The Labute approximate surface area is 174 Å². The lowest BCUT2D eigenvalue weighted by Gasteiger charge is -2.37. The van der Waals surface area contributed by atoms with Gasteiger partial charge < -0.3 is 15.8 Å². The summed E-state index contributed by atoms with van der Waals surface area (Å²) in [7, 11) is 0. The summed E-state index contributed by atoms with van der Waals surface area (Å²) >= 11 is 6.40. The van der Waals surface area contributed by atoms with Crippen molar-refractivity contribution in [2.75, 3.05) is 19.8 Å². The summed E-state index contributed by atoms with van der Waals surface area (Å²) in [6.45, 7) is 1.000. The number of halogens is 2. The molecule has 0 saturated carbocycles. The molecule has 5 nitrogen and oxygen atoms in total. The van der Waals surface area contributed by atoms with Crippen LogP contribution >= 0.6 is 11.6 Å². The van der Waals surface area contributed by atoms with Gasteiger partial charge in [0, 0.05) is 24.8 Å². The fourth-order valence-electron chi connectivity index (χ4n) is 3.75. The number of rotatable bonds is 7. The van der Waals surface area contributed by atoms with Crippen LogP contribution in [0.15, 0.2) is 48.5 Å². The van der Waals surface area contributed by atoms with Crippen LogP contribution in [0, 0.1) is 11.7 Å². The standard InChI is InChI=1S/C22H24ClFN2O3/c23-19-4-2-1-3-18(19)22(9-11-29-12-10-22)21(28)26-14-16(20(25)27)13-15-5-7-17(24)8-6-15/h1-8,16H,9-14H2,(H2,25,27)(H,26,28). The van der Waals surface area contributed by atoms with Crippen molar-refractivity contribution in [1.82, 2.24) is 5.32 Å². The molecule has 2 aromatic carbocycles. The molecule has 1 heterocycles. The fraction of sp³-hybridized carbons (Fsp3) is 0.364. The van der Waals surface area contributed by atoms with Crippen LogP contribution in [0.25, 0.3) is 0 Å². The molecule has 3 rings (SSSR count). The van der Waals surface area contributed by atoms with E-state index in [4.69, 9.17) is 22.1 Å². The minimum Gasteiger partial charge on any atom is -0.381 e. The van der Waals surface area contributed by atoms with Crippen molar-refractivity contribution >= 4 is 23.4 Å². The van der Waals surface area contributed by atoms with Gasteiger partial charge in [-0.05, 0) is 48.6 Å². The molecule has 0 spiro atoms. The second-order valence-corrected chi connectivity index (χ2v) is 7.72. The summed E-state index contributed by atoms with van der Waals surface area (Å²) < 4.78 is 18.6. The number of benzene rings is 2. The third kappa shape index (κ3) is 4.95.